The van der Waals surface area contributed by atoms with Crippen LogP contribution in [0, 0.1) is 17.8 Å². The zero-order chi connectivity index (χ0) is 23.3. The van der Waals surface area contributed by atoms with E-state index < -0.39 is 29.1 Å². The van der Waals surface area contributed by atoms with E-state index in [2.05, 4.69) is 22.1 Å². The molecule has 2 amide bonds. The maximum atomic E-state index is 14.1. The Balaban J connectivity index is 1.75. The van der Waals surface area contributed by atoms with Crippen molar-refractivity contribution >= 4 is 23.2 Å². The van der Waals surface area contributed by atoms with E-state index in [0.29, 0.717) is 5.56 Å². The standard InChI is InChI=1S/C21H18F3N5O3/c1-11(30)17-16(25)18(31)29(10-26-17)9-13-4-5-14-15(8-13)27-19(32)28-20(14,21(22,23)24)7-6-12-2-3-12/h4-5,8,10,12H,2-3,9,25H2,1H3,(H2,27,28,32). The summed E-state index contributed by atoms with van der Waals surface area (Å²) in [5.74, 6) is 4.30. The molecule has 1 aromatic carbocycles. The highest BCUT2D eigenvalue weighted by molar-refractivity contribution is 5.96. The number of aromatic nitrogens is 2. The minimum atomic E-state index is -4.86. The molecule has 1 fully saturated rings. The van der Waals surface area contributed by atoms with E-state index in [1.54, 1.807) is 0 Å². The molecule has 1 unspecified atom stereocenters. The molecule has 8 nitrogen and oxygen atoms in total. The van der Waals surface area contributed by atoms with Crippen molar-refractivity contribution in [3.05, 3.63) is 51.7 Å². The number of hydrogen-bond donors (Lipinski definition) is 3. The van der Waals surface area contributed by atoms with Crippen LogP contribution >= 0.6 is 0 Å². The zero-order valence-electron chi connectivity index (χ0n) is 16.8. The van der Waals surface area contributed by atoms with Crippen molar-refractivity contribution < 1.29 is 22.8 Å². The lowest BCUT2D eigenvalue weighted by atomic mass is 9.85. The minimum absolute atomic E-state index is 0.0667. The molecule has 1 saturated carbocycles. The maximum Gasteiger partial charge on any atom is 0.427 e. The van der Waals surface area contributed by atoms with Gasteiger partial charge in [-0.2, -0.15) is 13.2 Å². The smallest absolute Gasteiger partial charge is 0.392 e. The molecular formula is C21H18F3N5O3. The number of Topliss-reactive ketones (excluding diaryl/α,β-unsaturated/α-hetero) is 1. The van der Waals surface area contributed by atoms with Gasteiger partial charge < -0.3 is 16.4 Å². The predicted octanol–water partition coefficient (Wildman–Crippen LogP) is 2.38. The van der Waals surface area contributed by atoms with Crippen LogP contribution < -0.4 is 21.9 Å². The molecule has 166 valence electrons. The Kier molecular flexibility index (Phi) is 4.96. The second-order valence-corrected chi connectivity index (χ2v) is 7.75. The molecule has 11 heteroatoms. The van der Waals surface area contributed by atoms with Crippen LogP contribution in [0.2, 0.25) is 0 Å². The molecule has 2 heterocycles. The molecule has 2 aromatic rings. The van der Waals surface area contributed by atoms with Crippen molar-refractivity contribution in [2.24, 2.45) is 5.92 Å². The summed E-state index contributed by atoms with van der Waals surface area (Å²) in [5, 5.41) is 4.33. The number of carbonyl (C=O) groups excluding carboxylic acids is 2. The van der Waals surface area contributed by atoms with E-state index in [-0.39, 0.29) is 35.1 Å². The molecule has 0 spiro atoms. The molecule has 4 N–H and O–H groups in total. The number of carbonyl (C=O) groups is 2. The number of amides is 2. The molecule has 0 bridgehead atoms. The van der Waals surface area contributed by atoms with Gasteiger partial charge in [0.2, 0.25) is 5.54 Å². The van der Waals surface area contributed by atoms with Crippen LogP contribution in [-0.2, 0) is 12.1 Å². The van der Waals surface area contributed by atoms with Crippen molar-refractivity contribution in [2.45, 2.75) is 38.0 Å². The van der Waals surface area contributed by atoms with Crippen LogP contribution in [0.4, 0.5) is 29.3 Å². The molecule has 32 heavy (non-hydrogen) atoms. The van der Waals surface area contributed by atoms with E-state index in [1.165, 1.54) is 25.1 Å². The van der Waals surface area contributed by atoms with Crippen LogP contribution in [0.25, 0.3) is 0 Å². The SMILES string of the molecule is CC(=O)c1ncn(Cc2ccc3c(c2)NC(=O)NC3(C#CC2CC2)C(F)(F)F)c(=O)c1N. The fraction of sp³-hybridized carbons (Fsp3) is 0.333. The maximum absolute atomic E-state index is 14.1. The van der Waals surface area contributed by atoms with Gasteiger partial charge in [0, 0.05) is 24.1 Å². The third-order valence-corrected chi connectivity index (χ3v) is 5.26. The Morgan fingerprint density at radius 3 is 2.69 bits per heavy atom. The number of fused-ring (bicyclic) bond motifs is 1. The molecule has 0 saturated heterocycles. The number of benzene rings is 1. The first-order chi connectivity index (χ1) is 15.0. The average molecular weight is 445 g/mol. The fourth-order valence-electron chi connectivity index (χ4n) is 3.44. The van der Waals surface area contributed by atoms with Gasteiger partial charge in [-0.05, 0) is 24.5 Å². The van der Waals surface area contributed by atoms with Gasteiger partial charge in [-0.3, -0.25) is 14.2 Å². The highest BCUT2D eigenvalue weighted by atomic mass is 19.4. The molecule has 1 aromatic heterocycles. The van der Waals surface area contributed by atoms with Crippen molar-refractivity contribution in [1.82, 2.24) is 14.9 Å². The number of nitrogens with two attached hydrogens (primary N) is 1. The molecule has 1 aliphatic carbocycles. The first-order valence-electron chi connectivity index (χ1n) is 9.69. The highest BCUT2D eigenvalue weighted by Crippen LogP contribution is 2.44. The van der Waals surface area contributed by atoms with Crippen LogP contribution in [-0.4, -0.2) is 27.5 Å². The summed E-state index contributed by atoms with van der Waals surface area (Å²) in [6, 6.07) is 2.93. The summed E-state index contributed by atoms with van der Waals surface area (Å²) in [7, 11) is 0. The number of urea groups is 1. The van der Waals surface area contributed by atoms with Crippen molar-refractivity contribution in [3.63, 3.8) is 0 Å². The Hall–Kier alpha value is -3.81. The Morgan fingerprint density at radius 2 is 2.06 bits per heavy atom. The topological polar surface area (TPSA) is 119 Å². The molecule has 1 aliphatic heterocycles. The summed E-state index contributed by atoms with van der Waals surface area (Å²) in [6.45, 7) is 1.14. The van der Waals surface area contributed by atoms with Gasteiger partial charge in [0.05, 0.1) is 12.9 Å². The Bertz CT molecular complexity index is 1250. The Morgan fingerprint density at radius 1 is 1.34 bits per heavy atom. The zero-order valence-corrected chi connectivity index (χ0v) is 16.8. The van der Waals surface area contributed by atoms with E-state index in [0.717, 1.165) is 23.7 Å². The van der Waals surface area contributed by atoms with Gasteiger partial charge in [-0.1, -0.05) is 24.0 Å². The number of nitrogens with one attached hydrogen (secondary N) is 2. The molecule has 4 rings (SSSR count). The molecule has 1 atom stereocenters. The van der Waals surface area contributed by atoms with Crippen LogP contribution in [0.15, 0.2) is 29.3 Å². The van der Waals surface area contributed by atoms with Crippen LogP contribution in [0.1, 0.15) is 41.4 Å². The molecule has 0 radical (unpaired) electrons. The summed E-state index contributed by atoms with van der Waals surface area (Å²) in [6.07, 6.45) is -2.27. The van der Waals surface area contributed by atoms with E-state index in [1.807, 2.05) is 5.32 Å². The van der Waals surface area contributed by atoms with Crippen molar-refractivity contribution in [1.29, 1.82) is 0 Å². The molecule has 2 aliphatic rings. The summed E-state index contributed by atoms with van der Waals surface area (Å²) < 4.78 is 43.5. The summed E-state index contributed by atoms with van der Waals surface area (Å²) >= 11 is 0. The predicted molar refractivity (Wildman–Crippen MR) is 109 cm³/mol. The quantitative estimate of drug-likeness (QED) is 0.495. The lowest BCUT2D eigenvalue weighted by molar-refractivity contribution is -0.178. The first kappa shape index (κ1) is 21.4. The van der Waals surface area contributed by atoms with E-state index in [4.69, 9.17) is 5.73 Å². The minimum Gasteiger partial charge on any atom is -0.392 e. The Labute approximate surface area is 180 Å². The summed E-state index contributed by atoms with van der Waals surface area (Å²) in [4.78, 5) is 39.9. The van der Waals surface area contributed by atoms with Gasteiger partial charge in [-0.25, -0.2) is 9.78 Å². The van der Waals surface area contributed by atoms with Crippen molar-refractivity contribution in [2.75, 3.05) is 11.1 Å². The summed E-state index contributed by atoms with van der Waals surface area (Å²) in [5.41, 5.74) is 1.83. The highest BCUT2D eigenvalue weighted by Gasteiger charge is 2.59. The van der Waals surface area contributed by atoms with Gasteiger partial charge in [0.15, 0.2) is 5.78 Å². The number of ketones is 1. The van der Waals surface area contributed by atoms with E-state index in [9.17, 15) is 27.6 Å². The van der Waals surface area contributed by atoms with Gasteiger partial charge in [0.25, 0.3) is 5.56 Å². The third-order valence-electron chi connectivity index (χ3n) is 5.26. The fourth-order valence-corrected chi connectivity index (χ4v) is 3.44. The monoisotopic (exact) mass is 445 g/mol. The number of hydrogen-bond acceptors (Lipinski definition) is 5. The largest absolute Gasteiger partial charge is 0.427 e. The van der Waals surface area contributed by atoms with Gasteiger partial charge in [-0.15, -0.1) is 0 Å². The van der Waals surface area contributed by atoms with Gasteiger partial charge in [0.1, 0.15) is 11.4 Å². The van der Waals surface area contributed by atoms with E-state index >= 15 is 0 Å². The number of rotatable bonds is 3. The third kappa shape index (κ3) is 3.68. The average Bonchev–Trinajstić information content (AvgIpc) is 3.52. The lowest BCUT2D eigenvalue weighted by Crippen LogP contribution is -2.59. The van der Waals surface area contributed by atoms with Crippen LogP contribution in [0.3, 0.4) is 0 Å². The number of halogens is 3. The number of alkyl halides is 3. The second-order valence-electron chi connectivity index (χ2n) is 7.75. The second kappa shape index (κ2) is 7.40. The normalized spacial score (nSPS) is 19.8. The van der Waals surface area contributed by atoms with Crippen molar-refractivity contribution in [3.8, 4) is 11.8 Å². The van der Waals surface area contributed by atoms with Gasteiger partial charge >= 0.3 is 12.2 Å². The van der Waals surface area contributed by atoms with Crippen LogP contribution in [0.5, 0.6) is 0 Å². The number of anilines is 2. The number of nitrogen functional groups attached to an aromatic ring is 1. The number of nitrogens with zero attached hydrogens (tertiary/aromatic N) is 2. The molecular weight excluding hydrogens is 427 g/mol. The first-order valence-corrected chi connectivity index (χ1v) is 9.69. The lowest BCUT2D eigenvalue weighted by Gasteiger charge is -2.37.